The number of alkyl halides is 3. The van der Waals surface area contributed by atoms with Crippen molar-refractivity contribution < 1.29 is 22.3 Å². The van der Waals surface area contributed by atoms with E-state index in [1.54, 1.807) is 18.2 Å². The van der Waals surface area contributed by atoms with Crippen molar-refractivity contribution in [1.82, 2.24) is 0 Å². The normalized spacial score (nSPS) is 18.3. The zero-order chi connectivity index (χ0) is 21.8. The smallest absolute Gasteiger partial charge is 0.385 e. The van der Waals surface area contributed by atoms with E-state index in [0.717, 1.165) is 56.0 Å². The van der Waals surface area contributed by atoms with Crippen molar-refractivity contribution in [3.8, 4) is 0 Å². The molecule has 2 heterocycles. The van der Waals surface area contributed by atoms with E-state index in [2.05, 4.69) is 10.2 Å². The second-order valence-electron chi connectivity index (χ2n) is 8.12. The highest BCUT2D eigenvalue weighted by molar-refractivity contribution is 5.56. The monoisotopic (exact) mass is 437 g/mol. The van der Waals surface area contributed by atoms with Gasteiger partial charge in [-0.3, -0.25) is 0 Å². The van der Waals surface area contributed by atoms with E-state index >= 15 is 0 Å². The molecular weight excluding hydrogens is 410 g/mol. The minimum Gasteiger partial charge on any atom is -0.385 e. The molecule has 168 valence electrons. The molecule has 0 aromatic heterocycles. The van der Waals surface area contributed by atoms with Crippen LogP contribution >= 0.6 is 0 Å². The molecule has 0 spiro atoms. The van der Waals surface area contributed by atoms with E-state index in [1.165, 1.54) is 0 Å². The molecule has 2 aliphatic rings. The molecule has 4 nitrogen and oxygen atoms in total. The number of hydrogen-bond donors (Lipinski definition) is 1. The van der Waals surface area contributed by atoms with Gasteiger partial charge in [-0.15, -0.1) is 0 Å². The van der Waals surface area contributed by atoms with Crippen LogP contribution in [0.3, 0.4) is 0 Å². The Morgan fingerprint density at radius 1 is 0.903 bits per heavy atom. The minimum absolute atomic E-state index is 0.232. The SMILES string of the molecule is Fc1cc(NCC2CCN(c3ccc(C(F)(F)F)cc3)CC2)ccc1N1CCOCC1. The zero-order valence-electron chi connectivity index (χ0n) is 17.3. The number of rotatable bonds is 5. The maximum atomic E-state index is 14.5. The van der Waals surface area contributed by atoms with E-state index in [1.807, 2.05) is 17.0 Å². The highest BCUT2D eigenvalue weighted by Crippen LogP contribution is 2.32. The topological polar surface area (TPSA) is 27.7 Å². The summed E-state index contributed by atoms with van der Waals surface area (Å²) < 4.78 is 58.0. The zero-order valence-corrected chi connectivity index (χ0v) is 17.3. The first-order chi connectivity index (χ1) is 14.9. The second kappa shape index (κ2) is 9.34. The van der Waals surface area contributed by atoms with Gasteiger partial charge in [0.1, 0.15) is 5.82 Å². The summed E-state index contributed by atoms with van der Waals surface area (Å²) in [6.07, 6.45) is -2.44. The summed E-state index contributed by atoms with van der Waals surface area (Å²) in [5, 5.41) is 3.34. The molecule has 0 radical (unpaired) electrons. The Morgan fingerprint density at radius 3 is 2.19 bits per heavy atom. The maximum absolute atomic E-state index is 14.5. The Morgan fingerprint density at radius 2 is 1.58 bits per heavy atom. The number of halogens is 4. The molecular formula is C23H27F4N3O. The van der Waals surface area contributed by atoms with Crippen LogP contribution in [0.2, 0.25) is 0 Å². The van der Waals surface area contributed by atoms with Gasteiger partial charge in [-0.1, -0.05) is 0 Å². The number of ether oxygens (including phenoxy) is 1. The largest absolute Gasteiger partial charge is 0.416 e. The van der Waals surface area contributed by atoms with Crippen LogP contribution in [0.15, 0.2) is 42.5 Å². The third-order valence-corrected chi connectivity index (χ3v) is 6.07. The van der Waals surface area contributed by atoms with Crippen molar-refractivity contribution in [2.24, 2.45) is 5.92 Å². The minimum atomic E-state index is -4.31. The van der Waals surface area contributed by atoms with Crippen LogP contribution in [0.4, 0.5) is 34.6 Å². The predicted molar refractivity (Wildman–Crippen MR) is 114 cm³/mol. The van der Waals surface area contributed by atoms with E-state index in [9.17, 15) is 17.6 Å². The van der Waals surface area contributed by atoms with Crippen LogP contribution < -0.4 is 15.1 Å². The maximum Gasteiger partial charge on any atom is 0.416 e. The molecule has 4 rings (SSSR count). The predicted octanol–water partition coefficient (Wildman–Crippen LogP) is 5.01. The quantitative estimate of drug-likeness (QED) is 0.666. The standard InChI is InChI=1S/C23H27F4N3O/c24-21-15-19(3-6-22(21)30-11-13-31-14-12-30)28-16-17-7-9-29(10-8-17)20-4-1-18(2-5-20)23(25,26)27/h1-6,15,17,28H,7-14,16H2. The summed E-state index contributed by atoms with van der Waals surface area (Å²) in [7, 11) is 0. The van der Waals surface area contributed by atoms with Crippen LogP contribution in [-0.2, 0) is 10.9 Å². The van der Waals surface area contributed by atoms with E-state index < -0.39 is 11.7 Å². The Kier molecular flexibility index (Phi) is 6.55. The van der Waals surface area contributed by atoms with Crippen molar-refractivity contribution in [3.05, 3.63) is 53.8 Å². The summed E-state index contributed by atoms with van der Waals surface area (Å²) in [6, 6.07) is 10.6. The molecule has 0 saturated carbocycles. The van der Waals surface area contributed by atoms with Gasteiger partial charge in [0.25, 0.3) is 0 Å². The fourth-order valence-electron chi connectivity index (χ4n) is 4.20. The molecule has 1 N–H and O–H groups in total. The fourth-order valence-corrected chi connectivity index (χ4v) is 4.20. The third-order valence-electron chi connectivity index (χ3n) is 6.07. The van der Waals surface area contributed by atoms with Crippen molar-refractivity contribution >= 4 is 17.1 Å². The number of piperidine rings is 1. The Labute approximate surface area is 179 Å². The lowest BCUT2D eigenvalue weighted by molar-refractivity contribution is -0.137. The van der Waals surface area contributed by atoms with Crippen molar-refractivity contribution in [3.63, 3.8) is 0 Å². The molecule has 0 atom stereocenters. The summed E-state index contributed by atoms with van der Waals surface area (Å²) >= 11 is 0. The third kappa shape index (κ3) is 5.42. The van der Waals surface area contributed by atoms with Gasteiger partial charge in [-0.05, 0) is 61.2 Å². The van der Waals surface area contributed by atoms with Crippen LogP contribution in [0.1, 0.15) is 18.4 Å². The number of benzene rings is 2. The van der Waals surface area contributed by atoms with Crippen molar-refractivity contribution in [2.45, 2.75) is 19.0 Å². The molecule has 0 bridgehead atoms. The van der Waals surface area contributed by atoms with Gasteiger partial charge in [-0.25, -0.2) is 4.39 Å². The number of anilines is 3. The number of hydrogen-bond acceptors (Lipinski definition) is 4. The lowest BCUT2D eigenvalue weighted by Gasteiger charge is -2.34. The van der Waals surface area contributed by atoms with Gasteiger partial charge in [0.2, 0.25) is 0 Å². The Bertz CT molecular complexity index is 858. The number of morpholine rings is 1. The summed E-state index contributed by atoms with van der Waals surface area (Å²) in [4.78, 5) is 4.12. The van der Waals surface area contributed by atoms with Crippen LogP contribution in [-0.4, -0.2) is 45.9 Å². The molecule has 2 aliphatic heterocycles. The van der Waals surface area contributed by atoms with Gasteiger partial charge in [0, 0.05) is 44.1 Å². The van der Waals surface area contributed by atoms with E-state index in [0.29, 0.717) is 37.9 Å². The van der Waals surface area contributed by atoms with Gasteiger partial charge >= 0.3 is 6.18 Å². The van der Waals surface area contributed by atoms with Crippen molar-refractivity contribution in [1.29, 1.82) is 0 Å². The first kappa shape index (κ1) is 21.7. The number of nitrogens with one attached hydrogen (secondary N) is 1. The molecule has 8 heteroatoms. The Hall–Kier alpha value is -2.48. The lowest BCUT2D eigenvalue weighted by Crippen LogP contribution is -2.36. The molecule has 0 unspecified atom stereocenters. The molecule has 0 aliphatic carbocycles. The van der Waals surface area contributed by atoms with E-state index in [-0.39, 0.29) is 5.82 Å². The first-order valence-corrected chi connectivity index (χ1v) is 10.7. The second-order valence-corrected chi connectivity index (χ2v) is 8.12. The fraction of sp³-hybridized carbons (Fsp3) is 0.478. The summed E-state index contributed by atoms with van der Waals surface area (Å²) in [5.74, 6) is 0.205. The summed E-state index contributed by atoms with van der Waals surface area (Å²) in [5.41, 5.74) is 1.57. The number of nitrogens with zero attached hydrogens (tertiary/aromatic N) is 2. The average Bonchev–Trinajstić information content (AvgIpc) is 2.78. The molecule has 2 fully saturated rings. The highest BCUT2D eigenvalue weighted by atomic mass is 19.4. The van der Waals surface area contributed by atoms with Crippen LogP contribution in [0, 0.1) is 11.7 Å². The molecule has 0 amide bonds. The van der Waals surface area contributed by atoms with E-state index in [4.69, 9.17) is 4.74 Å². The summed E-state index contributed by atoms with van der Waals surface area (Å²) in [6.45, 7) is 4.96. The lowest BCUT2D eigenvalue weighted by atomic mass is 9.96. The van der Waals surface area contributed by atoms with Crippen LogP contribution in [0.25, 0.3) is 0 Å². The molecule has 31 heavy (non-hydrogen) atoms. The average molecular weight is 437 g/mol. The van der Waals surface area contributed by atoms with Gasteiger partial charge in [0.15, 0.2) is 0 Å². The van der Waals surface area contributed by atoms with Gasteiger partial charge in [0.05, 0.1) is 24.5 Å². The van der Waals surface area contributed by atoms with Crippen LogP contribution in [0.5, 0.6) is 0 Å². The van der Waals surface area contributed by atoms with Gasteiger partial charge < -0.3 is 19.9 Å². The molecule has 2 aromatic carbocycles. The molecule has 2 saturated heterocycles. The van der Waals surface area contributed by atoms with Crippen molar-refractivity contribution in [2.75, 3.05) is 61.1 Å². The highest BCUT2D eigenvalue weighted by Gasteiger charge is 2.30. The first-order valence-electron chi connectivity index (χ1n) is 10.7. The van der Waals surface area contributed by atoms with Gasteiger partial charge in [-0.2, -0.15) is 13.2 Å². The Balaban J connectivity index is 1.26. The molecule has 2 aromatic rings.